The van der Waals surface area contributed by atoms with E-state index in [4.69, 9.17) is 20.8 Å². The number of carbonyl (C=O) groups is 1. The Morgan fingerprint density at radius 1 is 1.23 bits per heavy atom. The van der Waals surface area contributed by atoms with E-state index in [2.05, 4.69) is 20.4 Å². The summed E-state index contributed by atoms with van der Waals surface area (Å²) >= 11 is 5.65. The molecule has 2 aromatic heterocycles. The van der Waals surface area contributed by atoms with E-state index in [9.17, 15) is 4.79 Å². The molecule has 1 saturated heterocycles. The highest BCUT2D eigenvalue weighted by atomic mass is 35.5. The first-order valence-electron chi connectivity index (χ1n) is 8.56. The van der Waals surface area contributed by atoms with E-state index < -0.39 is 5.60 Å². The molecule has 0 saturated carbocycles. The summed E-state index contributed by atoms with van der Waals surface area (Å²) in [7, 11) is 0. The van der Waals surface area contributed by atoms with Crippen LogP contribution in [-0.2, 0) is 10.6 Å². The lowest BCUT2D eigenvalue weighted by Crippen LogP contribution is -2.41. The van der Waals surface area contributed by atoms with E-state index in [1.54, 1.807) is 4.90 Å². The maximum atomic E-state index is 12.1. The van der Waals surface area contributed by atoms with Gasteiger partial charge in [-0.1, -0.05) is 0 Å². The van der Waals surface area contributed by atoms with E-state index in [1.807, 2.05) is 32.9 Å². The minimum atomic E-state index is -0.479. The second-order valence-electron chi connectivity index (χ2n) is 7.22. The number of alkyl halides is 1. The Morgan fingerprint density at radius 2 is 1.96 bits per heavy atom. The molecule has 2 aromatic rings. The summed E-state index contributed by atoms with van der Waals surface area (Å²) in [6.07, 6.45) is 1.39. The van der Waals surface area contributed by atoms with Crippen molar-refractivity contribution < 1.29 is 13.9 Å². The topological polar surface area (TPSA) is 94.2 Å². The first-order chi connectivity index (χ1) is 12.4. The second-order valence-corrected chi connectivity index (χ2v) is 7.49. The fraction of sp³-hybridized carbons (Fsp3) is 0.588. The quantitative estimate of drug-likeness (QED) is 0.754. The fourth-order valence-corrected chi connectivity index (χ4v) is 2.88. The molecule has 0 atom stereocenters. The maximum Gasteiger partial charge on any atom is 0.410 e. The molecule has 3 rings (SSSR count). The Labute approximate surface area is 156 Å². The predicted molar refractivity (Wildman–Crippen MR) is 94.7 cm³/mol. The van der Waals surface area contributed by atoms with Crippen molar-refractivity contribution in [2.24, 2.45) is 0 Å². The third-order valence-electron chi connectivity index (χ3n) is 4.05. The Morgan fingerprint density at radius 3 is 2.50 bits per heavy atom. The van der Waals surface area contributed by atoms with Crippen molar-refractivity contribution in [1.29, 1.82) is 0 Å². The highest BCUT2D eigenvalue weighted by molar-refractivity contribution is 6.16. The van der Waals surface area contributed by atoms with Crippen LogP contribution >= 0.6 is 11.6 Å². The van der Waals surface area contributed by atoms with Crippen LogP contribution in [0.1, 0.15) is 51.1 Å². The van der Waals surface area contributed by atoms with Crippen molar-refractivity contribution in [1.82, 2.24) is 25.3 Å². The zero-order chi connectivity index (χ0) is 18.7. The van der Waals surface area contributed by atoms with Gasteiger partial charge in [0.05, 0.1) is 5.69 Å². The van der Waals surface area contributed by atoms with Crippen LogP contribution in [0.15, 0.2) is 16.5 Å². The van der Waals surface area contributed by atoms with Crippen molar-refractivity contribution in [3.63, 3.8) is 0 Å². The number of amides is 1. The van der Waals surface area contributed by atoms with Gasteiger partial charge in [0.2, 0.25) is 5.89 Å². The lowest BCUT2D eigenvalue weighted by atomic mass is 9.93. The molecule has 0 bridgehead atoms. The van der Waals surface area contributed by atoms with E-state index in [0.29, 0.717) is 30.6 Å². The van der Waals surface area contributed by atoms with E-state index in [1.165, 1.54) is 0 Å². The number of halogens is 1. The van der Waals surface area contributed by atoms with Crippen LogP contribution in [0.4, 0.5) is 4.79 Å². The van der Waals surface area contributed by atoms with Crippen LogP contribution < -0.4 is 0 Å². The molecule has 8 nitrogen and oxygen atoms in total. The Balaban J connectivity index is 1.58. The summed E-state index contributed by atoms with van der Waals surface area (Å²) in [6.45, 7) is 6.90. The third kappa shape index (κ3) is 4.49. The van der Waals surface area contributed by atoms with Gasteiger partial charge in [0.15, 0.2) is 0 Å². The molecule has 0 radical (unpaired) electrons. The molecule has 1 aliphatic heterocycles. The molecule has 0 unspecified atom stereocenters. The van der Waals surface area contributed by atoms with Gasteiger partial charge in [-0.05, 0) is 45.7 Å². The fourth-order valence-electron chi connectivity index (χ4n) is 2.77. The van der Waals surface area contributed by atoms with E-state index >= 15 is 0 Å². The molecule has 1 fully saturated rings. The van der Waals surface area contributed by atoms with Gasteiger partial charge in [0, 0.05) is 19.0 Å². The van der Waals surface area contributed by atoms with Crippen molar-refractivity contribution in [3.8, 4) is 11.6 Å². The summed E-state index contributed by atoms with van der Waals surface area (Å²) in [5.41, 5.74) is 0.936. The normalized spacial score (nSPS) is 15.9. The molecular formula is C17H22ClN5O3. The van der Waals surface area contributed by atoms with Crippen molar-refractivity contribution in [2.75, 3.05) is 13.1 Å². The van der Waals surface area contributed by atoms with Gasteiger partial charge in [-0.25, -0.2) is 4.79 Å². The molecule has 1 aliphatic rings. The molecule has 3 heterocycles. The Hall–Kier alpha value is -2.22. The highest BCUT2D eigenvalue weighted by Gasteiger charge is 2.28. The van der Waals surface area contributed by atoms with Gasteiger partial charge in [0.1, 0.15) is 17.2 Å². The van der Waals surface area contributed by atoms with Crippen molar-refractivity contribution in [2.45, 2.75) is 51.0 Å². The first-order valence-corrected chi connectivity index (χ1v) is 9.09. The summed E-state index contributed by atoms with van der Waals surface area (Å²) in [6, 6.07) is 3.73. The summed E-state index contributed by atoms with van der Waals surface area (Å²) in [5.74, 6) is 1.08. The van der Waals surface area contributed by atoms with Gasteiger partial charge in [-0.2, -0.15) is 5.10 Å². The van der Waals surface area contributed by atoms with Gasteiger partial charge >= 0.3 is 6.09 Å². The number of carbonyl (C=O) groups excluding carboxylic acids is 1. The highest BCUT2D eigenvalue weighted by Crippen LogP contribution is 2.28. The van der Waals surface area contributed by atoms with E-state index in [-0.39, 0.29) is 17.9 Å². The van der Waals surface area contributed by atoms with Crippen LogP contribution in [0.2, 0.25) is 0 Å². The number of rotatable bonds is 3. The molecule has 0 aliphatic carbocycles. The molecular weight excluding hydrogens is 358 g/mol. The van der Waals surface area contributed by atoms with E-state index in [0.717, 1.165) is 18.5 Å². The van der Waals surface area contributed by atoms with Gasteiger partial charge in [-0.3, -0.25) is 0 Å². The predicted octanol–water partition coefficient (Wildman–Crippen LogP) is 3.38. The molecule has 26 heavy (non-hydrogen) atoms. The van der Waals surface area contributed by atoms with Crippen molar-refractivity contribution >= 4 is 17.7 Å². The lowest BCUT2D eigenvalue weighted by Gasteiger charge is -2.33. The number of hydrogen-bond acceptors (Lipinski definition) is 7. The summed E-state index contributed by atoms with van der Waals surface area (Å²) in [4.78, 5) is 13.9. The average Bonchev–Trinajstić information content (AvgIpc) is 3.10. The van der Waals surface area contributed by atoms with Crippen LogP contribution in [-0.4, -0.2) is 50.1 Å². The maximum absolute atomic E-state index is 12.1. The smallest absolute Gasteiger partial charge is 0.410 e. The largest absolute Gasteiger partial charge is 0.444 e. The second kappa shape index (κ2) is 7.57. The minimum absolute atomic E-state index is 0.161. The summed E-state index contributed by atoms with van der Waals surface area (Å²) in [5, 5.41) is 16.2. The number of nitrogens with zero attached hydrogens (tertiary/aromatic N) is 5. The number of hydrogen-bond donors (Lipinski definition) is 0. The minimum Gasteiger partial charge on any atom is -0.444 e. The van der Waals surface area contributed by atoms with Gasteiger partial charge < -0.3 is 14.1 Å². The molecule has 0 aromatic carbocycles. The number of piperidine rings is 1. The summed E-state index contributed by atoms with van der Waals surface area (Å²) < 4.78 is 10.8. The molecule has 140 valence electrons. The first kappa shape index (κ1) is 18.6. The third-order valence-corrected chi connectivity index (χ3v) is 4.28. The van der Waals surface area contributed by atoms with Crippen LogP contribution in [0.25, 0.3) is 11.6 Å². The Kier molecular flexibility index (Phi) is 5.41. The molecule has 9 heteroatoms. The number of aromatic nitrogens is 4. The van der Waals surface area contributed by atoms with Crippen molar-refractivity contribution in [3.05, 3.63) is 23.7 Å². The van der Waals surface area contributed by atoms with Crippen LogP contribution in [0, 0.1) is 0 Å². The lowest BCUT2D eigenvalue weighted by molar-refractivity contribution is 0.0204. The Bertz CT molecular complexity index is 749. The van der Waals surface area contributed by atoms with Gasteiger partial charge in [-0.15, -0.1) is 26.9 Å². The zero-order valence-corrected chi connectivity index (χ0v) is 15.9. The van der Waals surface area contributed by atoms with Crippen LogP contribution in [0.3, 0.4) is 0 Å². The van der Waals surface area contributed by atoms with Crippen LogP contribution in [0.5, 0.6) is 0 Å². The average molecular weight is 380 g/mol. The monoisotopic (exact) mass is 379 g/mol. The molecule has 0 N–H and O–H groups in total. The standard InChI is InChI=1S/C17H22ClN5O3/c1-17(2,3)26-16(24)23-8-6-11(7-9-23)12-4-5-13(20-19-12)15-22-21-14(10-18)25-15/h4-5,11H,6-10H2,1-3H3. The number of ether oxygens (including phenoxy) is 1. The number of likely N-dealkylation sites (tertiary alicyclic amines) is 1. The molecule has 1 amide bonds. The SMILES string of the molecule is CC(C)(C)OC(=O)N1CCC(c2ccc(-c3nnc(CCl)o3)nn2)CC1. The van der Waals surface area contributed by atoms with Gasteiger partial charge in [0.25, 0.3) is 5.89 Å². The molecule has 0 spiro atoms. The zero-order valence-electron chi connectivity index (χ0n) is 15.1.